The molecule has 0 aliphatic heterocycles. The molecule has 0 saturated heterocycles. The fraction of sp³-hybridized carbons (Fsp3) is 0. The van der Waals surface area contributed by atoms with Gasteiger partial charge in [-0.25, -0.2) is 9.97 Å². The van der Waals surface area contributed by atoms with E-state index < -0.39 is 0 Å². The number of nitrogens with zero attached hydrogens (tertiary/aromatic N) is 2. The Balaban J connectivity index is 2.92. The second-order valence-corrected chi connectivity index (χ2v) is 3.40. The number of hydrogen-bond acceptors (Lipinski definition) is 5. The van der Waals surface area contributed by atoms with Crippen LogP contribution in [0.4, 0.5) is 5.13 Å². The lowest BCUT2D eigenvalue weighted by Crippen LogP contribution is -1.82. The quantitative estimate of drug-likeness (QED) is 0.606. The summed E-state index contributed by atoms with van der Waals surface area (Å²) in [6.45, 7) is 0. The van der Waals surface area contributed by atoms with Gasteiger partial charge in [-0.05, 0) is 12.2 Å². The number of H-pyrrole nitrogens is 1. The van der Waals surface area contributed by atoms with E-state index in [1.54, 1.807) is 6.20 Å². The van der Waals surface area contributed by atoms with Gasteiger partial charge in [0.2, 0.25) is 0 Å². The van der Waals surface area contributed by atoms with Crippen LogP contribution in [-0.4, -0.2) is 15.0 Å². The van der Waals surface area contributed by atoms with Crippen LogP contribution in [0.15, 0.2) is 6.20 Å². The molecule has 6 heteroatoms. The van der Waals surface area contributed by atoms with Gasteiger partial charge in [0, 0.05) is 0 Å². The molecule has 2 aromatic heterocycles. The molecule has 0 radical (unpaired) electrons. The highest BCUT2D eigenvalue weighted by atomic mass is 32.1. The maximum Gasteiger partial charge on any atom is 0.198 e. The van der Waals surface area contributed by atoms with Crippen molar-refractivity contribution in [1.82, 2.24) is 15.0 Å². The summed E-state index contributed by atoms with van der Waals surface area (Å²) in [6.07, 6.45) is 1.67. The maximum absolute atomic E-state index is 5.47. The number of nitrogens with one attached hydrogen (secondary N) is 1. The van der Waals surface area contributed by atoms with Crippen LogP contribution >= 0.6 is 23.6 Å². The molecular weight excluding hydrogens is 180 g/mol. The van der Waals surface area contributed by atoms with Crippen molar-refractivity contribution in [3.63, 3.8) is 0 Å². The van der Waals surface area contributed by atoms with E-state index in [1.165, 1.54) is 11.3 Å². The number of nitrogens with two attached hydrogens (primary N) is 1. The van der Waals surface area contributed by atoms with E-state index in [0.29, 0.717) is 15.5 Å². The zero-order valence-corrected chi connectivity index (χ0v) is 7.00. The average molecular weight is 184 g/mol. The van der Waals surface area contributed by atoms with Crippen LogP contribution in [0.5, 0.6) is 0 Å². The summed E-state index contributed by atoms with van der Waals surface area (Å²) in [4.78, 5) is 10.7. The van der Waals surface area contributed by atoms with E-state index in [-0.39, 0.29) is 0 Å². The Morgan fingerprint density at radius 1 is 1.64 bits per heavy atom. The zero-order chi connectivity index (χ0) is 7.84. The van der Waals surface area contributed by atoms with E-state index in [4.69, 9.17) is 18.0 Å². The van der Waals surface area contributed by atoms with E-state index in [1.807, 2.05) is 0 Å². The van der Waals surface area contributed by atoms with Gasteiger partial charge in [0.05, 0.1) is 10.9 Å². The molecule has 0 fully saturated rings. The summed E-state index contributed by atoms with van der Waals surface area (Å²) < 4.78 is 1.36. The Morgan fingerprint density at radius 2 is 2.45 bits per heavy atom. The van der Waals surface area contributed by atoms with Crippen molar-refractivity contribution in [3.05, 3.63) is 11.0 Å². The highest BCUT2D eigenvalue weighted by Gasteiger charge is 1.98. The van der Waals surface area contributed by atoms with Gasteiger partial charge in [-0.15, -0.1) is 0 Å². The van der Waals surface area contributed by atoms with E-state index >= 15 is 0 Å². The first-order valence-corrected chi connectivity index (χ1v) is 4.09. The van der Waals surface area contributed by atoms with Crippen LogP contribution in [0.3, 0.4) is 0 Å². The van der Waals surface area contributed by atoms with Gasteiger partial charge in [0.15, 0.2) is 15.5 Å². The van der Waals surface area contributed by atoms with Crippen LogP contribution in [0.1, 0.15) is 0 Å². The molecule has 56 valence electrons. The van der Waals surface area contributed by atoms with Crippen molar-refractivity contribution in [2.45, 2.75) is 0 Å². The maximum atomic E-state index is 5.47. The normalized spacial score (nSPS) is 10.5. The fourth-order valence-corrected chi connectivity index (χ4v) is 1.59. The summed E-state index contributed by atoms with van der Waals surface area (Å²) in [5.74, 6) is 0. The summed E-state index contributed by atoms with van der Waals surface area (Å²) in [5.41, 5.74) is 6.18. The molecule has 0 atom stereocenters. The van der Waals surface area contributed by atoms with Gasteiger partial charge in [-0.2, -0.15) is 0 Å². The second kappa shape index (κ2) is 2.24. The van der Waals surface area contributed by atoms with Gasteiger partial charge < -0.3 is 10.7 Å². The molecule has 0 aromatic carbocycles. The van der Waals surface area contributed by atoms with Crippen molar-refractivity contribution < 1.29 is 0 Å². The molecule has 0 unspecified atom stereocenters. The topological polar surface area (TPSA) is 67.6 Å². The minimum Gasteiger partial charge on any atom is -0.375 e. The Morgan fingerprint density at radius 3 is 3.27 bits per heavy atom. The monoisotopic (exact) mass is 184 g/mol. The van der Waals surface area contributed by atoms with Gasteiger partial charge in [0.1, 0.15) is 0 Å². The minimum atomic E-state index is 0.433. The molecule has 0 spiro atoms. The van der Waals surface area contributed by atoms with E-state index in [9.17, 15) is 0 Å². The third kappa shape index (κ3) is 1.10. The van der Waals surface area contributed by atoms with Crippen molar-refractivity contribution in [3.8, 4) is 0 Å². The predicted octanol–water partition coefficient (Wildman–Crippen LogP) is 1.33. The number of aromatic nitrogens is 3. The average Bonchev–Trinajstić information content (AvgIpc) is 2.27. The van der Waals surface area contributed by atoms with Crippen LogP contribution in [0.2, 0.25) is 0 Å². The van der Waals surface area contributed by atoms with Crippen LogP contribution in [0, 0.1) is 4.77 Å². The SMILES string of the molecule is Nc1nc2[nH]c(=S)ncc2s1. The lowest BCUT2D eigenvalue weighted by Gasteiger charge is -1.83. The summed E-state index contributed by atoms with van der Waals surface area (Å²) in [7, 11) is 0. The van der Waals surface area contributed by atoms with Crippen LogP contribution < -0.4 is 5.73 Å². The molecule has 3 N–H and O–H groups in total. The van der Waals surface area contributed by atoms with Gasteiger partial charge in [-0.3, -0.25) is 0 Å². The molecule has 0 amide bonds. The Labute approximate surface area is 71.1 Å². The first-order valence-electron chi connectivity index (χ1n) is 2.87. The van der Waals surface area contributed by atoms with Crippen molar-refractivity contribution in [2.75, 3.05) is 5.73 Å². The first-order chi connectivity index (χ1) is 5.25. The smallest absolute Gasteiger partial charge is 0.198 e. The summed E-state index contributed by atoms with van der Waals surface area (Å²) in [6, 6.07) is 0. The number of hydrogen-bond donors (Lipinski definition) is 2. The Kier molecular flexibility index (Phi) is 1.36. The van der Waals surface area contributed by atoms with E-state index in [2.05, 4.69) is 15.0 Å². The molecule has 0 bridgehead atoms. The largest absolute Gasteiger partial charge is 0.375 e. The molecule has 2 aromatic rings. The number of anilines is 1. The van der Waals surface area contributed by atoms with Crippen molar-refractivity contribution in [1.29, 1.82) is 0 Å². The van der Waals surface area contributed by atoms with Crippen LogP contribution in [-0.2, 0) is 0 Å². The molecule has 0 saturated carbocycles. The van der Waals surface area contributed by atoms with Gasteiger partial charge >= 0.3 is 0 Å². The van der Waals surface area contributed by atoms with Crippen LogP contribution in [0.25, 0.3) is 10.3 Å². The molecular formula is C5H4N4S2. The highest BCUT2D eigenvalue weighted by molar-refractivity contribution is 7.71. The number of fused-ring (bicyclic) bond motifs is 1. The second-order valence-electron chi connectivity index (χ2n) is 1.95. The zero-order valence-electron chi connectivity index (χ0n) is 5.37. The summed E-state index contributed by atoms with van der Waals surface area (Å²) in [5, 5.41) is 0.527. The number of rotatable bonds is 0. The van der Waals surface area contributed by atoms with Crippen molar-refractivity contribution in [2.24, 2.45) is 0 Å². The lowest BCUT2D eigenvalue weighted by atomic mass is 10.6. The highest BCUT2D eigenvalue weighted by Crippen LogP contribution is 2.19. The lowest BCUT2D eigenvalue weighted by molar-refractivity contribution is 1.17. The summed E-state index contributed by atoms with van der Waals surface area (Å²) >= 11 is 6.19. The third-order valence-corrected chi connectivity index (χ3v) is 2.22. The molecule has 4 nitrogen and oxygen atoms in total. The van der Waals surface area contributed by atoms with Gasteiger partial charge in [0.25, 0.3) is 0 Å². The number of nitrogen functional groups attached to an aromatic ring is 1. The number of thiazole rings is 1. The molecule has 2 rings (SSSR count). The predicted molar refractivity (Wildman–Crippen MR) is 47.0 cm³/mol. The standard InChI is InChI=1S/C5H4N4S2/c6-4-8-3-2(11-4)1-7-5(10)9-3/h1H,(H3,6,7,8,9,10). The minimum absolute atomic E-state index is 0.433. The fourth-order valence-electron chi connectivity index (χ4n) is 0.777. The number of aromatic amines is 1. The van der Waals surface area contributed by atoms with E-state index in [0.717, 1.165) is 4.70 Å². The molecule has 0 aliphatic carbocycles. The molecule has 2 heterocycles. The Hall–Kier alpha value is -1.01. The first kappa shape index (κ1) is 6.68. The Bertz CT molecular complexity index is 443. The molecule has 11 heavy (non-hydrogen) atoms. The van der Waals surface area contributed by atoms with Gasteiger partial charge in [-0.1, -0.05) is 11.3 Å². The molecule has 0 aliphatic rings. The third-order valence-electron chi connectivity index (χ3n) is 1.19. The van der Waals surface area contributed by atoms with Crippen molar-refractivity contribution >= 4 is 39.0 Å².